The number of hydrogen-bond donors (Lipinski definition) is 0. The van der Waals surface area contributed by atoms with Gasteiger partial charge in [0.15, 0.2) is 0 Å². The Hall–Kier alpha value is 0.0969. The minimum atomic E-state index is -0.584. The highest BCUT2D eigenvalue weighted by Crippen LogP contribution is 2.16. The van der Waals surface area contributed by atoms with Crippen LogP contribution in [0.1, 0.15) is 26.7 Å². The predicted molar refractivity (Wildman–Crippen MR) is 59.5 cm³/mol. The Morgan fingerprint density at radius 3 is 2.00 bits per heavy atom. The second kappa shape index (κ2) is 7.40. The molecule has 0 aromatic carbocycles. The van der Waals surface area contributed by atoms with Crippen molar-refractivity contribution in [3.05, 3.63) is 0 Å². The molecular weight excluding hydrogens is 194 g/mol. The van der Waals surface area contributed by atoms with Crippen molar-refractivity contribution in [3.63, 3.8) is 0 Å². The highest BCUT2D eigenvalue weighted by molar-refractivity contribution is 6.13. The van der Waals surface area contributed by atoms with Gasteiger partial charge in [0, 0.05) is 13.2 Å². The number of nitrogens with zero attached hydrogens (tertiary/aromatic N) is 1. The van der Waals surface area contributed by atoms with Crippen LogP contribution in [0.4, 0.5) is 0 Å². The van der Waals surface area contributed by atoms with Crippen molar-refractivity contribution in [1.82, 2.24) is 4.90 Å². The van der Waals surface area contributed by atoms with Crippen LogP contribution in [0.3, 0.4) is 0 Å². The van der Waals surface area contributed by atoms with Crippen LogP contribution < -0.4 is 0 Å². The van der Waals surface area contributed by atoms with E-state index in [0.29, 0.717) is 13.2 Å². The van der Waals surface area contributed by atoms with E-state index >= 15 is 0 Å². The van der Waals surface area contributed by atoms with E-state index in [9.17, 15) is 0 Å². The maximum Gasteiger partial charge on any atom is 0.144 e. The Kier molecular flexibility index (Phi) is 7.45. The molecule has 14 heavy (non-hydrogen) atoms. The lowest BCUT2D eigenvalue weighted by Gasteiger charge is -2.29. The standard InChI is InChI=1S/C10H22NO2Si/c1-5-12-10(14,13-6-2)8-7-9-11(3)4/h5-9H2,1-4H3. The Labute approximate surface area is 91.2 Å². The monoisotopic (exact) mass is 216 g/mol. The summed E-state index contributed by atoms with van der Waals surface area (Å²) >= 11 is 0. The topological polar surface area (TPSA) is 21.7 Å². The molecule has 0 saturated carbocycles. The number of hydrogen-bond acceptors (Lipinski definition) is 3. The molecule has 0 aliphatic rings. The first-order valence-electron chi connectivity index (χ1n) is 5.21. The van der Waals surface area contributed by atoms with Gasteiger partial charge < -0.3 is 14.4 Å². The van der Waals surface area contributed by atoms with Crippen LogP contribution in [0.5, 0.6) is 0 Å². The second-order valence-electron chi connectivity index (χ2n) is 3.53. The van der Waals surface area contributed by atoms with Crippen molar-refractivity contribution in [2.75, 3.05) is 33.9 Å². The fourth-order valence-corrected chi connectivity index (χ4v) is 1.75. The van der Waals surface area contributed by atoms with E-state index in [1.807, 2.05) is 13.8 Å². The van der Waals surface area contributed by atoms with Gasteiger partial charge in [0.05, 0.1) is 0 Å². The van der Waals surface area contributed by atoms with E-state index in [-0.39, 0.29) is 0 Å². The third-order valence-corrected chi connectivity index (χ3v) is 2.40. The molecule has 0 saturated heterocycles. The summed E-state index contributed by atoms with van der Waals surface area (Å²) in [5, 5.41) is 0. The summed E-state index contributed by atoms with van der Waals surface area (Å²) in [5.41, 5.74) is -0.584. The molecule has 0 aliphatic heterocycles. The molecule has 0 fully saturated rings. The molecule has 0 unspecified atom stereocenters. The minimum Gasteiger partial charge on any atom is -0.355 e. The van der Waals surface area contributed by atoms with Crippen LogP contribution in [0, 0.1) is 0 Å². The molecule has 0 spiro atoms. The Morgan fingerprint density at radius 1 is 1.14 bits per heavy atom. The zero-order chi connectivity index (χ0) is 11.0. The van der Waals surface area contributed by atoms with Crippen LogP contribution in [-0.2, 0) is 9.47 Å². The second-order valence-corrected chi connectivity index (χ2v) is 4.29. The molecule has 0 aliphatic carbocycles. The lowest BCUT2D eigenvalue weighted by atomic mass is 10.3. The van der Waals surface area contributed by atoms with Crippen molar-refractivity contribution >= 4 is 10.2 Å². The normalized spacial score (nSPS) is 12.4. The van der Waals surface area contributed by atoms with Gasteiger partial charge in [0.25, 0.3) is 0 Å². The Balaban J connectivity index is 3.83. The van der Waals surface area contributed by atoms with Gasteiger partial charge in [-0.05, 0) is 47.3 Å². The quantitative estimate of drug-likeness (QED) is 0.450. The summed E-state index contributed by atoms with van der Waals surface area (Å²) in [7, 11) is 7.68. The average molecular weight is 216 g/mol. The fourth-order valence-electron chi connectivity index (χ4n) is 1.28. The first-order chi connectivity index (χ1) is 6.54. The number of ether oxygens (including phenoxy) is 2. The maximum atomic E-state index is 5.52. The van der Waals surface area contributed by atoms with Gasteiger partial charge in [0.2, 0.25) is 0 Å². The smallest absolute Gasteiger partial charge is 0.144 e. The summed E-state index contributed by atoms with van der Waals surface area (Å²) in [4.78, 5) is 2.16. The summed E-state index contributed by atoms with van der Waals surface area (Å²) in [6.45, 7) is 6.31. The van der Waals surface area contributed by atoms with Crippen molar-refractivity contribution in [2.45, 2.75) is 32.1 Å². The van der Waals surface area contributed by atoms with Gasteiger partial charge in [0.1, 0.15) is 15.7 Å². The summed E-state index contributed by atoms with van der Waals surface area (Å²) < 4.78 is 11.0. The Bertz CT molecular complexity index is 136. The van der Waals surface area contributed by atoms with Crippen molar-refractivity contribution in [3.8, 4) is 0 Å². The molecule has 0 heterocycles. The van der Waals surface area contributed by atoms with Crippen molar-refractivity contribution in [2.24, 2.45) is 0 Å². The van der Waals surface area contributed by atoms with Crippen LogP contribution in [-0.4, -0.2) is 54.4 Å². The van der Waals surface area contributed by atoms with E-state index in [4.69, 9.17) is 9.47 Å². The lowest BCUT2D eigenvalue weighted by molar-refractivity contribution is -0.177. The largest absolute Gasteiger partial charge is 0.355 e. The van der Waals surface area contributed by atoms with Crippen LogP contribution >= 0.6 is 0 Å². The first-order valence-corrected chi connectivity index (χ1v) is 5.71. The Morgan fingerprint density at radius 2 is 1.64 bits per heavy atom. The summed E-state index contributed by atoms with van der Waals surface area (Å²) in [6.07, 6.45) is 1.92. The van der Waals surface area contributed by atoms with Crippen LogP contribution in [0.2, 0.25) is 0 Å². The maximum absolute atomic E-state index is 5.52. The highest BCUT2D eigenvalue weighted by atomic mass is 28.1. The summed E-state index contributed by atoms with van der Waals surface area (Å²) in [5.74, 6) is 0. The summed E-state index contributed by atoms with van der Waals surface area (Å²) in [6, 6.07) is 0. The average Bonchev–Trinajstić information content (AvgIpc) is 2.03. The third-order valence-electron chi connectivity index (χ3n) is 1.87. The lowest BCUT2D eigenvalue weighted by Crippen LogP contribution is -2.37. The zero-order valence-corrected chi connectivity index (χ0v) is 10.8. The van der Waals surface area contributed by atoms with Gasteiger partial charge in [-0.25, -0.2) is 0 Å². The molecule has 0 N–H and O–H groups in total. The number of rotatable bonds is 8. The van der Waals surface area contributed by atoms with Gasteiger partial charge in [-0.3, -0.25) is 0 Å². The van der Waals surface area contributed by atoms with Crippen molar-refractivity contribution in [1.29, 1.82) is 0 Å². The van der Waals surface area contributed by atoms with Crippen molar-refractivity contribution < 1.29 is 9.47 Å². The molecule has 3 nitrogen and oxygen atoms in total. The molecule has 0 aromatic rings. The molecule has 4 heteroatoms. The predicted octanol–water partition coefficient (Wildman–Crippen LogP) is 1.22. The third kappa shape index (κ3) is 6.54. The van der Waals surface area contributed by atoms with E-state index in [0.717, 1.165) is 19.4 Å². The fraction of sp³-hybridized carbons (Fsp3) is 1.00. The van der Waals surface area contributed by atoms with E-state index in [2.05, 4.69) is 29.2 Å². The molecular formula is C10H22NO2Si. The molecule has 3 radical (unpaired) electrons. The molecule has 0 bridgehead atoms. The van der Waals surface area contributed by atoms with E-state index in [1.54, 1.807) is 0 Å². The zero-order valence-electron chi connectivity index (χ0n) is 9.80. The molecule has 0 atom stereocenters. The van der Waals surface area contributed by atoms with Gasteiger partial charge in [-0.15, -0.1) is 0 Å². The van der Waals surface area contributed by atoms with Gasteiger partial charge in [-0.2, -0.15) is 0 Å². The van der Waals surface area contributed by atoms with E-state index in [1.165, 1.54) is 0 Å². The molecule has 0 amide bonds. The van der Waals surface area contributed by atoms with Crippen LogP contribution in [0.25, 0.3) is 0 Å². The van der Waals surface area contributed by atoms with Crippen LogP contribution in [0.15, 0.2) is 0 Å². The van der Waals surface area contributed by atoms with Gasteiger partial charge >= 0.3 is 0 Å². The van der Waals surface area contributed by atoms with E-state index < -0.39 is 5.41 Å². The molecule has 0 rings (SSSR count). The van der Waals surface area contributed by atoms with Gasteiger partial charge in [-0.1, -0.05) is 0 Å². The highest BCUT2D eigenvalue weighted by Gasteiger charge is 2.23. The SMILES string of the molecule is CCOC([Si])(CCCN(C)C)OCC. The molecule has 83 valence electrons. The molecule has 0 aromatic heterocycles. The minimum absolute atomic E-state index is 0.584. The first kappa shape index (κ1) is 14.1.